The van der Waals surface area contributed by atoms with Crippen LogP contribution in [-0.2, 0) is 0 Å². The van der Waals surface area contributed by atoms with Gasteiger partial charge < -0.3 is 11.1 Å². The average molecular weight is 206 g/mol. The molecule has 0 fully saturated rings. The van der Waals surface area contributed by atoms with Crippen LogP contribution in [0.15, 0.2) is 18.2 Å². The quantitative estimate of drug-likeness (QED) is 0.724. The van der Waals surface area contributed by atoms with Crippen LogP contribution in [0.5, 0.6) is 0 Å². The first-order valence-electron chi connectivity index (χ1n) is 5.77. The summed E-state index contributed by atoms with van der Waals surface area (Å²) < 4.78 is 0. The van der Waals surface area contributed by atoms with Gasteiger partial charge in [-0.1, -0.05) is 26.7 Å². The fourth-order valence-electron chi connectivity index (χ4n) is 1.63. The summed E-state index contributed by atoms with van der Waals surface area (Å²) in [5, 5.41) is 3.46. The summed E-state index contributed by atoms with van der Waals surface area (Å²) in [4.78, 5) is 0. The number of nitrogens with one attached hydrogen (secondary N) is 1. The number of rotatable bonds is 5. The summed E-state index contributed by atoms with van der Waals surface area (Å²) in [6.07, 6.45) is 2.47. The maximum absolute atomic E-state index is 5.77. The minimum Gasteiger partial charge on any atom is -0.399 e. The Morgan fingerprint density at radius 2 is 1.93 bits per heavy atom. The summed E-state index contributed by atoms with van der Waals surface area (Å²) in [6.45, 7) is 7.57. The number of benzene rings is 1. The lowest BCUT2D eigenvalue weighted by Crippen LogP contribution is -2.12. The smallest absolute Gasteiger partial charge is 0.0345 e. The van der Waals surface area contributed by atoms with E-state index >= 15 is 0 Å². The van der Waals surface area contributed by atoms with E-state index in [0.717, 1.165) is 23.7 Å². The van der Waals surface area contributed by atoms with E-state index in [1.165, 1.54) is 18.5 Å². The predicted molar refractivity (Wildman–Crippen MR) is 68.2 cm³/mol. The van der Waals surface area contributed by atoms with Crippen molar-refractivity contribution in [3.05, 3.63) is 23.8 Å². The zero-order valence-corrected chi connectivity index (χ0v) is 10.0. The van der Waals surface area contributed by atoms with Crippen molar-refractivity contribution >= 4 is 11.4 Å². The maximum atomic E-state index is 5.77. The number of hydrogen-bond donors (Lipinski definition) is 2. The Bertz CT molecular complexity index is 303. The van der Waals surface area contributed by atoms with Gasteiger partial charge in [-0.05, 0) is 36.6 Å². The maximum Gasteiger partial charge on any atom is 0.0345 e. The molecule has 1 rings (SSSR count). The second kappa shape index (κ2) is 5.64. The molecule has 0 amide bonds. The highest BCUT2D eigenvalue weighted by molar-refractivity contribution is 5.56. The van der Waals surface area contributed by atoms with E-state index < -0.39 is 0 Å². The van der Waals surface area contributed by atoms with Crippen LogP contribution >= 0.6 is 0 Å². The van der Waals surface area contributed by atoms with E-state index in [9.17, 15) is 0 Å². The second-order valence-electron chi connectivity index (χ2n) is 4.13. The molecule has 2 heteroatoms. The molecule has 0 radical (unpaired) electrons. The molecule has 0 aromatic heterocycles. The molecule has 0 aliphatic carbocycles. The van der Waals surface area contributed by atoms with Crippen molar-refractivity contribution in [2.24, 2.45) is 5.92 Å². The van der Waals surface area contributed by atoms with Crippen molar-refractivity contribution in [1.29, 1.82) is 0 Å². The van der Waals surface area contributed by atoms with Crippen LogP contribution < -0.4 is 11.1 Å². The van der Waals surface area contributed by atoms with Gasteiger partial charge in [0.1, 0.15) is 0 Å². The molecule has 0 unspecified atom stereocenters. The van der Waals surface area contributed by atoms with Crippen LogP contribution in [0.4, 0.5) is 11.4 Å². The Balaban J connectivity index is 2.54. The topological polar surface area (TPSA) is 38.0 Å². The van der Waals surface area contributed by atoms with Crippen molar-refractivity contribution in [3.8, 4) is 0 Å². The normalized spacial score (nSPS) is 10.7. The summed E-state index contributed by atoms with van der Waals surface area (Å²) in [7, 11) is 0. The number of nitrogen functional groups attached to an aromatic ring is 1. The SMILES string of the molecule is CCC(CC)CNc1ccc(N)c(C)c1. The summed E-state index contributed by atoms with van der Waals surface area (Å²) in [5.41, 5.74) is 8.95. The average Bonchev–Trinajstić information content (AvgIpc) is 2.24. The Labute approximate surface area is 92.9 Å². The standard InChI is InChI=1S/C13H22N2/c1-4-11(5-2)9-15-12-6-7-13(14)10(3)8-12/h6-8,11,15H,4-5,9,14H2,1-3H3. The first-order chi connectivity index (χ1) is 7.17. The Morgan fingerprint density at radius 3 is 2.47 bits per heavy atom. The van der Waals surface area contributed by atoms with Crippen molar-refractivity contribution < 1.29 is 0 Å². The third-order valence-electron chi connectivity index (χ3n) is 3.02. The third-order valence-corrected chi connectivity index (χ3v) is 3.02. The van der Waals surface area contributed by atoms with Gasteiger partial charge >= 0.3 is 0 Å². The molecular weight excluding hydrogens is 184 g/mol. The zero-order valence-electron chi connectivity index (χ0n) is 10.0. The van der Waals surface area contributed by atoms with Gasteiger partial charge in [0.25, 0.3) is 0 Å². The summed E-state index contributed by atoms with van der Waals surface area (Å²) in [5.74, 6) is 0.767. The lowest BCUT2D eigenvalue weighted by atomic mass is 10.0. The number of anilines is 2. The summed E-state index contributed by atoms with van der Waals surface area (Å²) in [6, 6.07) is 6.12. The molecule has 3 N–H and O–H groups in total. The zero-order chi connectivity index (χ0) is 11.3. The van der Waals surface area contributed by atoms with Crippen LogP contribution in [0, 0.1) is 12.8 Å². The van der Waals surface area contributed by atoms with Gasteiger partial charge in [0.2, 0.25) is 0 Å². The van der Waals surface area contributed by atoms with E-state index in [-0.39, 0.29) is 0 Å². The van der Waals surface area contributed by atoms with Gasteiger partial charge in [0.05, 0.1) is 0 Å². The third kappa shape index (κ3) is 3.46. The molecule has 0 atom stereocenters. The molecule has 1 aromatic carbocycles. The highest BCUT2D eigenvalue weighted by atomic mass is 14.9. The Morgan fingerprint density at radius 1 is 1.27 bits per heavy atom. The number of nitrogens with two attached hydrogens (primary N) is 1. The second-order valence-corrected chi connectivity index (χ2v) is 4.13. The first-order valence-corrected chi connectivity index (χ1v) is 5.77. The van der Waals surface area contributed by atoms with E-state index in [1.807, 2.05) is 19.1 Å². The number of hydrogen-bond acceptors (Lipinski definition) is 2. The molecule has 84 valence electrons. The minimum absolute atomic E-state index is 0.767. The first kappa shape index (κ1) is 11.9. The van der Waals surface area contributed by atoms with Gasteiger partial charge in [0.15, 0.2) is 0 Å². The van der Waals surface area contributed by atoms with Crippen LogP contribution in [0.2, 0.25) is 0 Å². The lowest BCUT2D eigenvalue weighted by Gasteiger charge is -2.15. The molecule has 0 bridgehead atoms. The van der Waals surface area contributed by atoms with Gasteiger partial charge in [-0.15, -0.1) is 0 Å². The van der Waals surface area contributed by atoms with Crippen molar-refractivity contribution in [2.45, 2.75) is 33.6 Å². The highest BCUT2D eigenvalue weighted by Gasteiger charge is 2.03. The van der Waals surface area contributed by atoms with Crippen LogP contribution in [-0.4, -0.2) is 6.54 Å². The monoisotopic (exact) mass is 206 g/mol. The fraction of sp³-hybridized carbons (Fsp3) is 0.538. The lowest BCUT2D eigenvalue weighted by molar-refractivity contribution is 0.519. The van der Waals surface area contributed by atoms with Gasteiger partial charge in [-0.25, -0.2) is 0 Å². The van der Waals surface area contributed by atoms with Crippen molar-refractivity contribution in [3.63, 3.8) is 0 Å². The molecule has 1 aromatic rings. The minimum atomic E-state index is 0.767. The summed E-state index contributed by atoms with van der Waals surface area (Å²) >= 11 is 0. The Hall–Kier alpha value is -1.18. The fourth-order valence-corrected chi connectivity index (χ4v) is 1.63. The van der Waals surface area contributed by atoms with E-state index in [0.29, 0.717) is 0 Å². The van der Waals surface area contributed by atoms with E-state index in [2.05, 4.69) is 25.2 Å². The van der Waals surface area contributed by atoms with Crippen LogP contribution in [0.25, 0.3) is 0 Å². The largest absolute Gasteiger partial charge is 0.399 e. The molecule has 0 aliphatic rings. The Kier molecular flexibility index (Phi) is 4.47. The van der Waals surface area contributed by atoms with Crippen LogP contribution in [0.3, 0.4) is 0 Å². The van der Waals surface area contributed by atoms with Crippen LogP contribution in [0.1, 0.15) is 32.3 Å². The highest BCUT2D eigenvalue weighted by Crippen LogP contribution is 2.17. The molecule has 0 saturated carbocycles. The molecular formula is C13H22N2. The molecule has 2 nitrogen and oxygen atoms in total. The van der Waals surface area contributed by atoms with E-state index in [1.54, 1.807) is 0 Å². The van der Waals surface area contributed by atoms with Gasteiger partial charge in [0, 0.05) is 17.9 Å². The molecule has 15 heavy (non-hydrogen) atoms. The molecule has 0 spiro atoms. The number of aryl methyl sites for hydroxylation is 1. The molecule has 0 aliphatic heterocycles. The van der Waals surface area contributed by atoms with Crippen molar-refractivity contribution in [1.82, 2.24) is 0 Å². The van der Waals surface area contributed by atoms with Gasteiger partial charge in [-0.3, -0.25) is 0 Å². The van der Waals surface area contributed by atoms with Gasteiger partial charge in [-0.2, -0.15) is 0 Å². The van der Waals surface area contributed by atoms with Crippen molar-refractivity contribution in [2.75, 3.05) is 17.6 Å². The molecule has 0 saturated heterocycles. The van der Waals surface area contributed by atoms with E-state index in [4.69, 9.17) is 5.73 Å². The molecule has 0 heterocycles. The predicted octanol–water partition coefficient (Wildman–Crippen LogP) is 3.43.